The van der Waals surface area contributed by atoms with Crippen LogP contribution >= 0.6 is 22.3 Å². The van der Waals surface area contributed by atoms with Gasteiger partial charge in [-0.3, -0.25) is 0 Å². The van der Waals surface area contributed by atoms with E-state index >= 15 is 0 Å². The van der Waals surface area contributed by atoms with E-state index in [4.69, 9.17) is 0 Å². The molecule has 0 N–H and O–H groups in total. The third kappa shape index (κ3) is 11.9. The van der Waals surface area contributed by atoms with Crippen molar-refractivity contribution in [1.82, 2.24) is 0 Å². The Morgan fingerprint density at radius 1 is 0.611 bits per heavy atom. The van der Waals surface area contributed by atoms with Gasteiger partial charge >= 0.3 is 0 Å². The van der Waals surface area contributed by atoms with Crippen LogP contribution in [0, 0.1) is 10.4 Å². The maximum absolute atomic E-state index is 3.05. The van der Waals surface area contributed by atoms with E-state index in [9.17, 15) is 0 Å². The second-order valence-corrected chi connectivity index (χ2v) is 3.59. The number of hydrogen-bond donors (Lipinski definition) is 0. The molecule has 8 radical (unpaired) electrons. The molecule has 0 nitrogen and oxygen atoms in total. The van der Waals surface area contributed by atoms with Crippen molar-refractivity contribution in [2.24, 2.45) is 0 Å². The summed E-state index contributed by atoms with van der Waals surface area (Å²) in [5, 5.41) is 6.10. The summed E-state index contributed by atoms with van der Waals surface area (Å²) in [5.74, 6) is 0. The minimum Gasteiger partial charge on any atom is -0.0915 e. The number of hydrogen-bond acceptors (Lipinski definition) is 0. The molecule has 0 bridgehead atoms. The predicted molar refractivity (Wildman–Crippen MR) is 100 cm³/mol. The molecule has 0 atom stereocenters. The normalized spacial score (nSPS) is 14.2. The van der Waals surface area contributed by atoms with Crippen LogP contribution in [0.4, 0.5) is 0 Å². The zero-order valence-corrected chi connectivity index (χ0v) is 13.5. The molecule has 2 aliphatic heterocycles. The first kappa shape index (κ1) is 42.8. The third-order valence-corrected chi connectivity index (χ3v) is 2.98. The maximum Gasteiger partial charge on any atom is 0.0539 e. The predicted octanol–water partition coefficient (Wildman–Crippen LogP) is 5.78. The second kappa shape index (κ2) is 23.0. The van der Waals surface area contributed by atoms with Gasteiger partial charge in [0.1, 0.15) is 0 Å². The fraction of sp³-hybridized carbons (Fsp3) is 0.429. The Morgan fingerprint density at radius 2 is 0.889 bits per heavy atom. The van der Waals surface area contributed by atoms with Gasteiger partial charge in [-0.2, -0.15) is 0 Å². The van der Waals surface area contributed by atoms with Crippen molar-refractivity contribution in [3.8, 4) is 10.4 Å². The molecule has 0 aliphatic carbocycles. The first-order valence-electron chi connectivity index (χ1n) is 2.89. The molecular formula is C14H28S2Sn2. The Balaban J connectivity index is -0.0000000302. The molecule has 0 amide bonds. The van der Waals surface area contributed by atoms with Crippen molar-refractivity contribution in [3.63, 3.8) is 0 Å². The SMILES string of the molecule is C.C.C.C.C.C.C1#SC(=C2C=CC#S2)C=C1.[Sn].[Sn]. The molecule has 0 fully saturated rings. The van der Waals surface area contributed by atoms with Crippen LogP contribution in [0.15, 0.2) is 34.1 Å². The Hall–Kier alpha value is 0.817. The van der Waals surface area contributed by atoms with Crippen molar-refractivity contribution >= 4 is 70.2 Å². The summed E-state index contributed by atoms with van der Waals surface area (Å²) in [6.45, 7) is 0. The van der Waals surface area contributed by atoms with Crippen LogP contribution in [0.2, 0.25) is 0 Å². The van der Waals surface area contributed by atoms with Gasteiger partial charge in [-0.1, -0.05) is 77.3 Å². The quantitative estimate of drug-likeness (QED) is 0.372. The summed E-state index contributed by atoms with van der Waals surface area (Å²) >= 11 is 3.29. The second-order valence-electron chi connectivity index (χ2n) is 1.83. The summed E-state index contributed by atoms with van der Waals surface area (Å²) in [7, 11) is 0. The molecular weight excluding hydrogens is 470 g/mol. The largest absolute Gasteiger partial charge is 0.0915 e. The molecule has 2 aliphatic rings. The van der Waals surface area contributed by atoms with E-state index in [0.717, 1.165) is 0 Å². The summed E-state index contributed by atoms with van der Waals surface area (Å²) in [4.78, 5) is 2.57. The van der Waals surface area contributed by atoms with Gasteiger partial charge in [0.15, 0.2) is 0 Å². The van der Waals surface area contributed by atoms with Gasteiger partial charge in [-0.25, -0.2) is 0 Å². The number of rotatable bonds is 0. The Labute approximate surface area is 158 Å². The van der Waals surface area contributed by atoms with E-state index < -0.39 is 0 Å². The van der Waals surface area contributed by atoms with Crippen LogP contribution in [0.25, 0.3) is 0 Å². The molecule has 0 unspecified atom stereocenters. The minimum absolute atomic E-state index is 0. The van der Waals surface area contributed by atoms with Gasteiger partial charge in [0.25, 0.3) is 0 Å². The first-order chi connectivity index (χ1) is 4.97. The van der Waals surface area contributed by atoms with E-state index in [1.54, 1.807) is 22.3 Å². The Bertz CT molecular complexity index is 347. The van der Waals surface area contributed by atoms with E-state index in [-0.39, 0.29) is 92.4 Å². The van der Waals surface area contributed by atoms with Gasteiger partial charge in [-0.05, 0) is 24.3 Å². The van der Waals surface area contributed by atoms with Gasteiger partial charge in [-0.15, -0.1) is 0 Å². The molecule has 0 saturated heterocycles. The monoisotopic (exact) mass is 500 g/mol. The van der Waals surface area contributed by atoms with Crippen molar-refractivity contribution in [1.29, 1.82) is 0 Å². The fourth-order valence-electron chi connectivity index (χ4n) is 0.747. The standard InChI is InChI=1S/C8H4S2.6CH4.2Sn/c1-3-7(9-5-1)8-4-2-6-10-8;;;;;;;;/h1-4H;6*1H4;;. The van der Waals surface area contributed by atoms with Crippen molar-refractivity contribution in [3.05, 3.63) is 34.1 Å². The van der Waals surface area contributed by atoms with Crippen LogP contribution in [0.5, 0.6) is 0 Å². The fourth-order valence-corrected chi connectivity index (χ4v) is 2.13. The molecule has 0 saturated carbocycles. The summed E-state index contributed by atoms with van der Waals surface area (Å²) in [6.07, 6.45) is 8.04. The van der Waals surface area contributed by atoms with E-state index in [1.807, 2.05) is 12.2 Å². The molecule has 104 valence electrons. The van der Waals surface area contributed by atoms with Gasteiger partial charge in [0.05, 0.1) is 9.81 Å². The molecule has 2 rings (SSSR count). The van der Waals surface area contributed by atoms with Gasteiger partial charge in [0, 0.05) is 47.8 Å². The summed E-state index contributed by atoms with van der Waals surface area (Å²) in [5.41, 5.74) is 0. The van der Waals surface area contributed by atoms with Gasteiger partial charge in [0.2, 0.25) is 0 Å². The van der Waals surface area contributed by atoms with Crippen LogP contribution < -0.4 is 0 Å². The minimum atomic E-state index is 0. The summed E-state index contributed by atoms with van der Waals surface area (Å²) < 4.78 is 0. The van der Waals surface area contributed by atoms with Crippen LogP contribution in [-0.2, 0) is 0 Å². The van der Waals surface area contributed by atoms with E-state index in [2.05, 4.69) is 22.5 Å². The number of allylic oxidation sites excluding steroid dienone is 4. The zero-order valence-electron chi connectivity index (χ0n) is 6.13. The van der Waals surface area contributed by atoms with Crippen molar-refractivity contribution in [2.45, 2.75) is 44.6 Å². The maximum atomic E-state index is 3.05. The van der Waals surface area contributed by atoms with Crippen LogP contribution in [0.3, 0.4) is 0 Å². The average molecular weight is 498 g/mol. The van der Waals surface area contributed by atoms with E-state index in [0.29, 0.717) is 0 Å². The third-order valence-electron chi connectivity index (χ3n) is 1.19. The van der Waals surface area contributed by atoms with Crippen LogP contribution in [0.1, 0.15) is 44.6 Å². The molecule has 0 aromatic heterocycles. The zero-order chi connectivity index (χ0) is 6.81. The van der Waals surface area contributed by atoms with Crippen molar-refractivity contribution < 1.29 is 0 Å². The molecule has 18 heavy (non-hydrogen) atoms. The van der Waals surface area contributed by atoms with Crippen molar-refractivity contribution in [2.75, 3.05) is 0 Å². The smallest absolute Gasteiger partial charge is 0.0539 e. The van der Waals surface area contributed by atoms with Crippen LogP contribution in [-0.4, -0.2) is 47.8 Å². The van der Waals surface area contributed by atoms with E-state index in [1.165, 1.54) is 9.81 Å². The van der Waals surface area contributed by atoms with Gasteiger partial charge < -0.3 is 0 Å². The summed E-state index contributed by atoms with van der Waals surface area (Å²) in [6, 6.07) is 0. The first-order valence-corrected chi connectivity index (χ1v) is 4.52. The molecule has 0 aromatic carbocycles. The molecule has 0 spiro atoms. The molecule has 4 heteroatoms. The Kier molecular flexibility index (Phi) is 54.5. The topological polar surface area (TPSA) is 0 Å². The molecule has 0 aromatic rings. The molecule has 2 heterocycles. The average Bonchev–Trinajstić information content (AvgIpc) is 2.59. The Morgan fingerprint density at radius 3 is 1.06 bits per heavy atom.